The highest BCUT2D eigenvalue weighted by Crippen LogP contribution is 2.35. The predicted octanol–water partition coefficient (Wildman–Crippen LogP) is 3.54. The van der Waals surface area contributed by atoms with Gasteiger partial charge in [0.15, 0.2) is 0 Å². The molecule has 1 atom stereocenters. The molecule has 0 radical (unpaired) electrons. The molecule has 2 aromatic rings. The maximum atomic E-state index is 5.80. The van der Waals surface area contributed by atoms with Gasteiger partial charge in [0, 0.05) is 31.5 Å². The SMILES string of the molecule is CN(c1cc(-c2nc([C@@]3(C)CCCO3)no2)ccn1)C1CCCC1. The van der Waals surface area contributed by atoms with E-state index < -0.39 is 5.60 Å². The molecular weight excluding hydrogens is 304 g/mol. The molecule has 2 fully saturated rings. The summed E-state index contributed by atoms with van der Waals surface area (Å²) < 4.78 is 11.3. The Kier molecular flexibility index (Phi) is 4.00. The van der Waals surface area contributed by atoms with E-state index in [9.17, 15) is 0 Å². The van der Waals surface area contributed by atoms with Crippen molar-refractivity contribution >= 4 is 5.82 Å². The summed E-state index contributed by atoms with van der Waals surface area (Å²) in [5.41, 5.74) is 0.489. The number of pyridine rings is 1. The van der Waals surface area contributed by atoms with Crippen LogP contribution >= 0.6 is 0 Å². The van der Waals surface area contributed by atoms with Gasteiger partial charge in [0.1, 0.15) is 11.4 Å². The summed E-state index contributed by atoms with van der Waals surface area (Å²) in [5.74, 6) is 2.13. The van der Waals surface area contributed by atoms with Gasteiger partial charge in [0.25, 0.3) is 5.89 Å². The molecule has 0 spiro atoms. The second kappa shape index (κ2) is 6.16. The van der Waals surface area contributed by atoms with Gasteiger partial charge in [-0.15, -0.1) is 0 Å². The van der Waals surface area contributed by atoms with Crippen molar-refractivity contribution < 1.29 is 9.26 Å². The molecular formula is C18H24N4O2. The van der Waals surface area contributed by atoms with Gasteiger partial charge in [-0.05, 0) is 44.7 Å². The molecule has 1 aliphatic heterocycles. The Balaban J connectivity index is 1.58. The maximum Gasteiger partial charge on any atom is 0.258 e. The van der Waals surface area contributed by atoms with Crippen LogP contribution in [0.15, 0.2) is 22.9 Å². The summed E-state index contributed by atoms with van der Waals surface area (Å²) in [4.78, 5) is 11.4. The first-order valence-electron chi connectivity index (χ1n) is 8.83. The van der Waals surface area contributed by atoms with Gasteiger partial charge < -0.3 is 14.2 Å². The van der Waals surface area contributed by atoms with Gasteiger partial charge in [-0.3, -0.25) is 0 Å². The van der Waals surface area contributed by atoms with E-state index in [0.29, 0.717) is 17.8 Å². The third-order valence-corrected chi connectivity index (χ3v) is 5.34. The third kappa shape index (κ3) is 2.79. The van der Waals surface area contributed by atoms with Crippen LogP contribution in [0.1, 0.15) is 51.3 Å². The highest BCUT2D eigenvalue weighted by Gasteiger charge is 2.36. The number of hydrogen-bond donors (Lipinski definition) is 0. The molecule has 1 saturated carbocycles. The van der Waals surface area contributed by atoms with Crippen LogP contribution in [-0.2, 0) is 10.3 Å². The Hall–Kier alpha value is -1.95. The first-order chi connectivity index (χ1) is 11.7. The smallest absolute Gasteiger partial charge is 0.258 e. The minimum atomic E-state index is -0.418. The quantitative estimate of drug-likeness (QED) is 0.855. The number of nitrogens with zero attached hydrogens (tertiary/aromatic N) is 4. The Morgan fingerprint density at radius 3 is 2.83 bits per heavy atom. The van der Waals surface area contributed by atoms with Crippen LogP contribution in [0.2, 0.25) is 0 Å². The lowest BCUT2D eigenvalue weighted by molar-refractivity contribution is 0.00768. The maximum absolute atomic E-state index is 5.80. The summed E-state index contributed by atoms with van der Waals surface area (Å²) in [6.07, 6.45) is 8.87. The van der Waals surface area contributed by atoms with E-state index >= 15 is 0 Å². The molecule has 24 heavy (non-hydrogen) atoms. The van der Waals surface area contributed by atoms with Crippen molar-refractivity contribution in [3.05, 3.63) is 24.2 Å². The van der Waals surface area contributed by atoms with Crippen LogP contribution in [-0.4, -0.2) is 34.8 Å². The molecule has 0 amide bonds. The summed E-state index contributed by atoms with van der Waals surface area (Å²) in [6.45, 7) is 2.78. The Morgan fingerprint density at radius 2 is 2.08 bits per heavy atom. The van der Waals surface area contributed by atoms with Crippen molar-refractivity contribution in [1.82, 2.24) is 15.1 Å². The summed E-state index contributed by atoms with van der Waals surface area (Å²) >= 11 is 0. The van der Waals surface area contributed by atoms with Gasteiger partial charge in [-0.25, -0.2) is 4.98 Å². The standard InChI is InChI=1S/C18H24N4O2/c1-18(9-5-11-23-18)17-20-16(24-21-17)13-8-10-19-15(12-13)22(2)14-6-3-4-7-14/h8,10,12,14H,3-7,9,11H2,1-2H3/t18-/m1/s1. The molecule has 3 heterocycles. The number of rotatable bonds is 4. The first kappa shape index (κ1) is 15.6. The highest BCUT2D eigenvalue weighted by atomic mass is 16.5. The Labute approximate surface area is 142 Å². The van der Waals surface area contributed by atoms with Crippen LogP contribution in [0.3, 0.4) is 0 Å². The van der Waals surface area contributed by atoms with Crippen molar-refractivity contribution in [2.24, 2.45) is 0 Å². The highest BCUT2D eigenvalue weighted by molar-refractivity contribution is 5.58. The molecule has 1 saturated heterocycles. The topological polar surface area (TPSA) is 64.3 Å². The fourth-order valence-electron chi connectivity index (χ4n) is 3.73. The van der Waals surface area contributed by atoms with Gasteiger partial charge >= 0.3 is 0 Å². The largest absolute Gasteiger partial charge is 0.367 e. The summed E-state index contributed by atoms with van der Waals surface area (Å²) in [5, 5.41) is 4.15. The van der Waals surface area contributed by atoms with E-state index in [-0.39, 0.29) is 0 Å². The fourth-order valence-corrected chi connectivity index (χ4v) is 3.73. The molecule has 128 valence electrons. The van der Waals surface area contributed by atoms with E-state index in [4.69, 9.17) is 9.26 Å². The molecule has 2 aliphatic rings. The third-order valence-electron chi connectivity index (χ3n) is 5.34. The molecule has 6 nitrogen and oxygen atoms in total. The molecule has 4 rings (SSSR count). The molecule has 6 heteroatoms. The average molecular weight is 328 g/mol. The van der Waals surface area contributed by atoms with Gasteiger partial charge in [-0.1, -0.05) is 18.0 Å². The second-order valence-corrected chi connectivity index (χ2v) is 7.06. The summed E-state index contributed by atoms with van der Waals surface area (Å²) in [7, 11) is 2.12. The van der Waals surface area contributed by atoms with Gasteiger partial charge in [0.2, 0.25) is 5.82 Å². The van der Waals surface area contributed by atoms with Crippen LogP contribution in [0.5, 0.6) is 0 Å². The van der Waals surface area contributed by atoms with E-state index in [2.05, 4.69) is 27.1 Å². The van der Waals surface area contributed by atoms with Crippen molar-refractivity contribution in [1.29, 1.82) is 0 Å². The fraction of sp³-hybridized carbons (Fsp3) is 0.611. The van der Waals surface area contributed by atoms with Crippen LogP contribution in [0.25, 0.3) is 11.5 Å². The molecule has 1 aliphatic carbocycles. The predicted molar refractivity (Wildman–Crippen MR) is 90.7 cm³/mol. The minimum absolute atomic E-state index is 0.418. The normalized spacial score (nSPS) is 24.6. The van der Waals surface area contributed by atoms with Crippen molar-refractivity contribution in [3.63, 3.8) is 0 Å². The van der Waals surface area contributed by atoms with E-state index in [1.54, 1.807) is 0 Å². The zero-order valence-electron chi connectivity index (χ0n) is 14.4. The zero-order chi connectivity index (χ0) is 16.6. The number of ether oxygens (including phenoxy) is 1. The van der Waals surface area contributed by atoms with E-state index in [1.165, 1.54) is 25.7 Å². The van der Waals surface area contributed by atoms with Gasteiger partial charge in [0.05, 0.1) is 0 Å². The minimum Gasteiger partial charge on any atom is -0.367 e. The Morgan fingerprint density at radius 1 is 1.25 bits per heavy atom. The molecule has 0 aromatic carbocycles. The second-order valence-electron chi connectivity index (χ2n) is 7.06. The van der Waals surface area contributed by atoms with Gasteiger partial charge in [-0.2, -0.15) is 4.98 Å². The lowest BCUT2D eigenvalue weighted by Crippen LogP contribution is -2.29. The molecule has 2 aromatic heterocycles. The average Bonchev–Trinajstić information content (AvgIpc) is 3.35. The monoisotopic (exact) mass is 328 g/mol. The summed E-state index contributed by atoms with van der Waals surface area (Å²) in [6, 6.07) is 4.53. The van der Waals surface area contributed by atoms with Crippen molar-refractivity contribution in [2.75, 3.05) is 18.6 Å². The van der Waals surface area contributed by atoms with Crippen LogP contribution in [0.4, 0.5) is 5.82 Å². The van der Waals surface area contributed by atoms with E-state index in [0.717, 1.165) is 30.8 Å². The zero-order valence-corrected chi connectivity index (χ0v) is 14.4. The van der Waals surface area contributed by atoms with Crippen LogP contribution in [0, 0.1) is 0 Å². The molecule has 0 unspecified atom stereocenters. The van der Waals surface area contributed by atoms with Crippen LogP contribution < -0.4 is 4.90 Å². The number of anilines is 1. The molecule has 0 N–H and O–H groups in total. The van der Waals surface area contributed by atoms with E-state index in [1.807, 2.05) is 25.3 Å². The molecule has 0 bridgehead atoms. The number of hydrogen-bond acceptors (Lipinski definition) is 6. The first-order valence-corrected chi connectivity index (χ1v) is 8.83. The lowest BCUT2D eigenvalue weighted by atomic mass is 10.0. The lowest BCUT2D eigenvalue weighted by Gasteiger charge is -2.25. The Bertz CT molecular complexity index is 703. The van der Waals surface area contributed by atoms with Crippen molar-refractivity contribution in [3.8, 4) is 11.5 Å². The number of aromatic nitrogens is 3. The van der Waals surface area contributed by atoms with Crippen molar-refractivity contribution in [2.45, 2.75) is 57.1 Å².